The summed E-state index contributed by atoms with van der Waals surface area (Å²) in [5, 5.41) is 3.19. The Kier molecular flexibility index (Phi) is 3.56. The second-order valence-corrected chi connectivity index (χ2v) is 5.40. The van der Waals surface area contributed by atoms with Crippen molar-refractivity contribution in [3.8, 4) is 11.5 Å². The number of carbonyl (C=O) groups excluding carboxylic acids is 2. The summed E-state index contributed by atoms with van der Waals surface area (Å²) in [5.74, 6) is 0.480. The number of nitrogens with two attached hydrogens (primary N) is 1. The Labute approximate surface area is 128 Å². The van der Waals surface area contributed by atoms with Gasteiger partial charge in [0.25, 0.3) is 0 Å². The van der Waals surface area contributed by atoms with Gasteiger partial charge in [0.2, 0.25) is 11.8 Å². The van der Waals surface area contributed by atoms with Crippen molar-refractivity contribution in [1.29, 1.82) is 0 Å². The highest BCUT2D eigenvalue weighted by atomic mass is 16.6. The molecule has 2 atom stereocenters. The Hall–Kier alpha value is -2.44. The quantitative estimate of drug-likeness (QED) is 0.864. The summed E-state index contributed by atoms with van der Waals surface area (Å²) in [6, 6.07) is 2.40. The molecule has 2 amide bonds. The molecule has 22 heavy (non-hydrogen) atoms. The summed E-state index contributed by atoms with van der Waals surface area (Å²) >= 11 is 0. The standard InChI is InChI=1S/C15H19N3O4/c1-3-9-15(20)18(8(2)14(16)19)11-7-13-12(6-10(11)17-9)21-4-5-22-13/h6-9,17H,3-5H2,1-2H3,(H2,16,19). The van der Waals surface area contributed by atoms with Crippen molar-refractivity contribution in [3.63, 3.8) is 0 Å². The normalized spacial score (nSPS) is 20.9. The molecular weight excluding hydrogens is 286 g/mol. The number of fused-ring (bicyclic) bond motifs is 2. The van der Waals surface area contributed by atoms with Gasteiger partial charge in [-0.25, -0.2) is 0 Å². The Morgan fingerprint density at radius 1 is 1.41 bits per heavy atom. The number of hydrogen-bond donors (Lipinski definition) is 2. The SMILES string of the molecule is CCC1Nc2cc3c(cc2N(C(C)C(N)=O)C1=O)OCCO3. The van der Waals surface area contributed by atoms with Crippen LogP contribution in [0.5, 0.6) is 11.5 Å². The Balaban J connectivity index is 2.10. The lowest BCUT2D eigenvalue weighted by Gasteiger charge is -2.38. The van der Waals surface area contributed by atoms with Crippen molar-refractivity contribution in [2.45, 2.75) is 32.4 Å². The van der Waals surface area contributed by atoms with E-state index in [9.17, 15) is 9.59 Å². The minimum absolute atomic E-state index is 0.169. The molecule has 2 aliphatic heterocycles. The van der Waals surface area contributed by atoms with Crippen LogP contribution in [0, 0.1) is 0 Å². The number of benzene rings is 1. The van der Waals surface area contributed by atoms with Crippen LogP contribution in [0.3, 0.4) is 0 Å². The zero-order chi connectivity index (χ0) is 15.9. The largest absolute Gasteiger partial charge is 0.486 e. The molecule has 0 radical (unpaired) electrons. The van der Waals surface area contributed by atoms with E-state index in [1.165, 1.54) is 4.90 Å². The molecule has 0 bridgehead atoms. The van der Waals surface area contributed by atoms with Gasteiger partial charge in [-0.1, -0.05) is 6.92 Å². The zero-order valence-electron chi connectivity index (χ0n) is 12.6. The van der Waals surface area contributed by atoms with Gasteiger partial charge in [-0.2, -0.15) is 0 Å². The number of nitrogens with one attached hydrogen (secondary N) is 1. The van der Waals surface area contributed by atoms with Crippen LogP contribution in [-0.2, 0) is 9.59 Å². The number of rotatable bonds is 3. The average Bonchev–Trinajstić information content (AvgIpc) is 2.52. The number of ether oxygens (including phenoxy) is 2. The fourth-order valence-corrected chi connectivity index (χ4v) is 2.73. The van der Waals surface area contributed by atoms with E-state index in [-0.39, 0.29) is 5.91 Å². The molecule has 3 N–H and O–H groups in total. The molecule has 0 aliphatic carbocycles. The first-order chi connectivity index (χ1) is 10.5. The first kappa shape index (κ1) is 14.5. The van der Waals surface area contributed by atoms with Gasteiger partial charge >= 0.3 is 0 Å². The van der Waals surface area contributed by atoms with Crippen LogP contribution in [0.2, 0.25) is 0 Å². The monoisotopic (exact) mass is 305 g/mol. The van der Waals surface area contributed by atoms with Gasteiger partial charge < -0.3 is 20.5 Å². The lowest BCUT2D eigenvalue weighted by molar-refractivity contribution is -0.124. The molecule has 0 spiro atoms. The van der Waals surface area contributed by atoms with Gasteiger partial charge in [0.15, 0.2) is 11.5 Å². The number of amides is 2. The highest BCUT2D eigenvalue weighted by Gasteiger charge is 2.37. The lowest BCUT2D eigenvalue weighted by atomic mass is 10.0. The molecular formula is C15H19N3O4. The summed E-state index contributed by atoms with van der Waals surface area (Å²) in [5.41, 5.74) is 6.73. The van der Waals surface area contributed by atoms with E-state index in [2.05, 4.69) is 5.32 Å². The predicted molar refractivity (Wildman–Crippen MR) is 81.3 cm³/mol. The maximum absolute atomic E-state index is 12.6. The summed E-state index contributed by atoms with van der Waals surface area (Å²) in [6.45, 7) is 4.48. The van der Waals surface area contributed by atoms with Crippen molar-refractivity contribution in [2.24, 2.45) is 5.73 Å². The molecule has 0 saturated heterocycles. The van der Waals surface area contributed by atoms with Crippen LogP contribution >= 0.6 is 0 Å². The van der Waals surface area contributed by atoms with Crippen LogP contribution < -0.4 is 25.4 Å². The third-order valence-corrected chi connectivity index (χ3v) is 3.99. The summed E-state index contributed by atoms with van der Waals surface area (Å²) in [7, 11) is 0. The molecule has 118 valence electrons. The average molecular weight is 305 g/mol. The highest BCUT2D eigenvalue weighted by Crippen LogP contribution is 2.43. The Morgan fingerprint density at radius 2 is 2.05 bits per heavy atom. The number of nitrogens with zero attached hydrogens (tertiary/aromatic N) is 1. The molecule has 7 heteroatoms. The molecule has 2 aliphatic rings. The number of hydrogen-bond acceptors (Lipinski definition) is 5. The van der Waals surface area contributed by atoms with Gasteiger partial charge in [-0.15, -0.1) is 0 Å². The first-order valence-electron chi connectivity index (χ1n) is 7.35. The minimum Gasteiger partial charge on any atom is -0.486 e. The maximum atomic E-state index is 12.6. The second kappa shape index (κ2) is 5.40. The van der Waals surface area contributed by atoms with Crippen LogP contribution in [-0.4, -0.2) is 37.1 Å². The molecule has 0 fully saturated rings. The number of carbonyl (C=O) groups is 2. The fourth-order valence-electron chi connectivity index (χ4n) is 2.73. The van der Waals surface area contributed by atoms with Crippen molar-refractivity contribution < 1.29 is 19.1 Å². The molecule has 2 unspecified atom stereocenters. The Morgan fingerprint density at radius 3 is 2.64 bits per heavy atom. The molecule has 1 aromatic rings. The fraction of sp³-hybridized carbons (Fsp3) is 0.467. The van der Waals surface area contributed by atoms with Gasteiger partial charge in [-0.3, -0.25) is 14.5 Å². The second-order valence-electron chi connectivity index (χ2n) is 5.40. The maximum Gasteiger partial charge on any atom is 0.250 e. The van der Waals surface area contributed by atoms with Crippen LogP contribution in [0.4, 0.5) is 11.4 Å². The van der Waals surface area contributed by atoms with E-state index in [1.807, 2.05) is 6.92 Å². The van der Waals surface area contributed by atoms with Crippen molar-refractivity contribution in [3.05, 3.63) is 12.1 Å². The van der Waals surface area contributed by atoms with Crippen LogP contribution in [0.25, 0.3) is 0 Å². The topological polar surface area (TPSA) is 93.9 Å². The smallest absolute Gasteiger partial charge is 0.250 e. The van der Waals surface area contributed by atoms with E-state index in [0.29, 0.717) is 36.8 Å². The van der Waals surface area contributed by atoms with E-state index in [4.69, 9.17) is 15.2 Å². The number of anilines is 2. The van der Waals surface area contributed by atoms with Gasteiger partial charge in [0.05, 0.1) is 11.4 Å². The van der Waals surface area contributed by atoms with Gasteiger partial charge in [0.1, 0.15) is 25.3 Å². The summed E-state index contributed by atoms with van der Waals surface area (Å²) in [4.78, 5) is 25.7. The Bertz CT molecular complexity index is 631. The van der Waals surface area contributed by atoms with E-state index < -0.39 is 18.0 Å². The summed E-state index contributed by atoms with van der Waals surface area (Å²) < 4.78 is 11.1. The van der Waals surface area contributed by atoms with Crippen LogP contribution in [0.1, 0.15) is 20.3 Å². The zero-order valence-corrected chi connectivity index (χ0v) is 12.6. The highest BCUT2D eigenvalue weighted by molar-refractivity contribution is 6.09. The molecule has 0 aromatic heterocycles. The summed E-state index contributed by atoms with van der Waals surface area (Å²) in [6.07, 6.45) is 0.606. The minimum atomic E-state index is -0.732. The van der Waals surface area contributed by atoms with E-state index in [1.54, 1.807) is 19.1 Å². The molecule has 3 rings (SSSR count). The molecule has 7 nitrogen and oxygen atoms in total. The van der Waals surface area contributed by atoms with E-state index in [0.717, 1.165) is 5.69 Å². The van der Waals surface area contributed by atoms with Gasteiger partial charge in [0, 0.05) is 12.1 Å². The third kappa shape index (κ3) is 2.22. The van der Waals surface area contributed by atoms with E-state index >= 15 is 0 Å². The lowest BCUT2D eigenvalue weighted by Crippen LogP contribution is -2.54. The van der Waals surface area contributed by atoms with Crippen LogP contribution in [0.15, 0.2) is 12.1 Å². The predicted octanol–water partition coefficient (Wildman–Crippen LogP) is 0.869. The van der Waals surface area contributed by atoms with Gasteiger partial charge in [-0.05, 0) is 13.3 Å². The third-order valence-electron chi connectivity index (χ3n) is 3.99. The number of primary amides is 1. The van der Waals surface area contributed by atoms with Crippen molar-refractivity contribution >= 4 is 23.2 Å². The van der Waals surface area contributed by atoms with Crippen molar-refractivity contribution in [1.82, 2.24) is 0 Å². The first-order valence-corrected chi connectivity index (χ1v) is 7.35. The molecule has 2 heterocycles. The van der Waals surface area contributed by atoms with Crippen molar-refractivity contribution in [2.75, 3.05) is 23.4 Å². The molecule has 0 saturated carbocycles. The molecule has 1 aromatic carbocycles.